The van der Waals surface area contributed by atoms with E-state index in [4.69, 9.17) is 5.73 Å². The van der Waals surface area contributed by atoms with Crippen molar-refractivity contribution in [2.75, 3.05) is 12.3 Å². The summed E-state index contributed by atoms with van der Waals surface area (Å²) in [5, 5.41) is 0. The molecule has 0 saturated heterocycles. The van der Waals surface area contributed by atoms with Crippen LogP contribution >= 0.6 is 0 Å². The predicted molar refractivity (Wildman–Crippen MR) is 60.0 cm³/mol. The number of alkyl halides is 3. The van der Waals surface area contributed by atoms with E-state index in [1.807, 2.05) is 6.92 Å². The van der Waals surface area contributed by atoms with Gasteiger partial charge < -0.3 is 5.73 Å². The van der Waals surface area contributed by atoms with Crippen molar-refractivity contribution in [1.29, 1.82) is 0 Å². The third kappa shape index (κ3) is 10.5. The van der Waals surface area contributed by atoms with Gasteiger partial charge in [-0.3, -0.25) is 0 Å². The number of nitrogens with one attached hydrogen (secondary N) is 1. The molecular formula is C9H19F3N2O2S. The molecule has 1 atom stereocenters. The molecule has 8 heteroatoms. The van der Waals surface area contributed by atoms with Crippen LogP contribution in [0.25, 0.3) is 0 Å². The second kappa shape index (κ2) is 7.17. The molecule has 0 fully saturated rings. The zero-order chi connectivity index (χ0) is 13.5. The molecule has 0 rings (SSSR count). The van der Waals surface area contributed by atoms with Crippen LogP contribution in [0, 0.1) is 0 Å². The van der Waals surface area contributed by atoms with E-state index >= 15 is 0 Å². The standard InChI is InChI=1S/C9H19F3N2O2S/c1-2-8(13)4-6-14-17(15,16)7-3-5-9(10,11)12/h8,14H,2-7,13H2,1H3. The second-order valence-electron chi connectivity index (χ2n) is 3.89. The summed E-state index contributed by atoms with van der Waals surface area (Å²) in [5.41, 5.74) is 5.58. The van der Waals surface area contributed by atoms with Gasteiger partial charge in [0.1, 0.15) is 0 Å². The molecule has 0 saturated carbocycles. The summed E-state index contributed by atoms with van der Waals surface area (Å²) >= 11 is 0. The lowest BCUT2D eigenvalue weighted by Gasteiger charge is -2.10. The number of nitrogens with two attached hydrogens (primary N) is 1. The Morgan fingerprint density at radius 1 is 1.35 bits per heavy atom. The molecule has 0 aliphatic carbocycles. The largest absolute Gasteiger partial charge is 0.389 e. The molecule has 0 aromatic rings. The maximum Gasteiger partial charge on any atom is 0.389 e. The fourth-order valence-electron chi connectivity index (χ4n) is 1.14. The lowest BCUT2D eigenvalue weighted by molar-refractivity contribution is -0.134. The van der Waals surface area contributed by atoms with E-state index in [0.29, 0.717) is 6.42 Å². The smallest absolute Gasteiger partial charge is 0.328 e. The van der Waals surface area contributed by atoms with Crippen molar-refractivity contribution in [3.8, 4) is 0 Å². The highest BCUT2D eigenvalue weighted by Crippen LogP contribution is 2.21. The van der Waals surface area contributed by atoms with E-state index in [1.165, 1.54) is 0 Å². The third-order valence-corrected chi connectivity index (χ3v) is 3.70. The third-order valence-electron chi connectivity index (χ3n) is 2.23. The normalized spacial score (nSPS) is 14.9. The Labute approximate surface area is 99.8 Å². The first-order valence-electron chi connectivity index (χ1n) is 5.46. The monoisotopic (exact) mass is 276 g/mol. The minimum atomic E-state index is -4.31. The molecule has 104 valence electrons. The maximum absolute atomic E-state index is 11.8. The molecule has 0 aromatic carbocycles. The SMILES string of the molecule is CCC(N)CCNS(=O)(=O)CCCC(F)(F)F. The highest BCUT2D eigenvalue weighted by atomic mass is 32.2. The van der Waals surface area contributed by atoms with Gasteiger partial charge in [0.2, 0.25) is 10.0 Å². The van der Waals surface area contributed by atoms with Crippen LogP contribution in [0.4, 0.5) is 13.2 Å². The zero-order valence-corrected chi connectivity index (χ0v) is 10.6. The Hall–Kier alpha value is -0.340. The number of sulfonamides is 1. The van der Waals surface area contributed by atoms with Crippen LogP contribution in [0.15, 0.2) is 0 Å². The van der Waals surface area contributed by atoms with Crippen molar-refractivity contribution in [3.05, 3.63) is 0 Å². The first-order valence-corrected chi connectivity index (χ1v) is 7.11. The van der Waals surface area contributed by atoms with Crippen molar-refractivity contribution < 1.29 is 21.6 Å². The Morgan fingerprint density at radius 3 is 2.41 bits per heavy atom. The van der Waals surface area contributed by atoms with Crippen LogP contribution in [-0.4, -0.2) is 32.9 Å². The van der Waals surface area contributed by atoms with Crippen molar-refractivity contribution in [2.45, 2.75) is 44.8 Å². The fourth-order valence-corrected chi connectivity index (χ4v) is 2.24. The van der Waals surface area contributed by atoms with E-state index in [9.17, 15) is 21.6 Å². The van der Waals surface area contributed by atoms with Crippen LogP contribution < -0.4 is 10.5 Å². The maximum atomic E-state index is 11.8. The van der Waals surface area contributed by atoms with Gasteiger partial charge in [-0.25, -0.2) is 13.1 Å². The second-order valence-corrected chi connectivity index (χ2v) is 5.82. The van der Waals surface area contributed by atoms with Gasteiger partial charge in [0.25, 0.3) is 0 Å². The Morgan fingerprint density at radius 2 is 1.94 bits per heavy atom. The van der Waals surface area contributed by atoms with Crippen LogP contribution in [0.1, 0.15) is 32.6 Å². The first-order chi connectivity index (χ1) is 7.66. The number of hydrogen-bond acceptors (Lipinski definition) is 3. The Bertz CT molecular complexity index is 304. The van der Waals surface area contributed by atoms with E-state index < -0.39 is 34.8 Å². The average Bonchev–Trinajstić information content (AvgIpc) is 2.14. The molecule has 3 N–H and O–H groups in total. The summed E-state index contributed by atoms with van der Waals surface area (Å²) in [5.74, 6) is -0.506. The highest BCUT2D eigenvalue weighted by Gasteiger charge is 2.27. The summed E-state index contributed by atoms with van der Waals surface area (Å²) in [6.45, 7) is 2.05. The van der Waals surface area contributed by atoms with Crippen LogP contribution in [-0.2, 0) is 10.0 Å². The van der Waals surface area contributed by atoms with Crippen LogP contribution in [0.2, 0.25) is 0 Å². The number of halogens is 3. The molecule has 0 aliphatic rings. The summed E-state index contributed by atoms with van der Waals surface area (Å²) in [6, 6.07) is -0.0899. The average molecular weight is 276 g/mol. The first kappa shape index (κ1) is 16.7. The van der Waals surface area contributed by atoms with E-state index in [2.05, 4.69) is 4.72 Å². The van der Waals surface area contributed by atoms with Crippen LogP contribution in [0.5, 0.6) is 0 Å². The van der Waals surface area contributed by atoms with Crippen molar-refractivity contribution in [2.24, 2.45) is 5.73 Å². The zero-order valence-electron chi connectivity index (χ0n) is 9.76. The molecule has 0 bridgehead atoms. The van der Waals surface area contributed by atoms with Crippen molar-refractivity contribution >= 4 is 10.0 Å². The molecule has 0 radical (unpaired) electrons. The quantitative estimate of drug-likeness (QED) is 0.703. The van der Waals surface area contributed by atoms with Gasteiger partial charge in [-0.1, -0.05) is 6.92 Å². The molecule has 1 unspecified atom stereocenters. The van der Waals surface area contributed by atoms with Gasteiger partial charge in [-0.15, -0.1) is 0 Å². The van der Waals surface area contributed by atoms with Gasteiger partial charge in [-0.05, 0) is 19.3 Å². The van der Waals surface area contributed by atoms with Crippen molar-refractivity contribution in [1.82, 2.24) is 4.72 Å². The van der Waals surface area contributed by atoms with Gasteiger partial charge in [0.05, 0.1) is 5.75 Å². The van der Waals surface area contributed by atoms with Crippen molar-refractivity contribution in [3.63, 3.8) is 0 Å². The molecule has 4 nitrogen and oxygen atoms in total. The highest BCUT2D eigenvalue weighted by molar-refractivity contribution is 7.89. The van der Waals surface area contributed by atoms with E-state index in [-0.39, 0.29) is 12.6 Å². The Kier molecular flexibility index (Phi) is 7.03. The lowest BCUT2D eigenvalue weighted by Crippen LogP contribution is -2.31. The molecule has 0 heterocycles. The molecule has 17 heavy (non-hydrogen) atoms. The number of rotatable bonds is 8. The minimum absolute atomic E-state index is 0.0899. The molecule has 0 aromatic heterocycles. The van der Waals surface area contributed by atoms with Gasteiger partial charge in [-0.2, -0.15) is 13.2 Å². The molecule has 0 spiro atoms. The summed E-state index contributed by atoms with van der Waals surface area (Å²) in [6.07, 6.45) is -4.59. The fraction of sp³-hybridized carbons (Fsp3) is 1.00. The molecular weight excluding hydrogens is 257 g/mol. The van der Waals surface area contributed by atoms with Gasteiger partial charge in [0.15, 0.2) is 0 Å². The van der Waals surface area contributed by atoms with Crippen LogP contribution in [0.3, 0.4) is 0 Å². The van der Waals surface area contributed by atoms with E-state index in [0.717, 1.165) is 6.42 Å². The summed E-state index contributed by atoms with van der Waals surface area (Å²) in [7, 11) is -3.61. The summed E-state index contributed by atoms with van der Waals surface area (Å²) in [4.78, 5) is 0. The molecule has 0 amide bonds. The lowest BCUT2D eigenvalue weighted by atomic mass is 10.2. The van der Waals surface area contributed by atoms with Gasteiger partial charge in [0, 0.05) is 19.0 Å². The van der Waals surface area contributed by atoms with Gasteiger partial charge >= 0.3 is 6.18 Å². The topological polar surface area (TPSA) is 72.2 Å². The molecule has 0 aliphatic heterocycles. The minimum Gasteiger partial charge on any atom is -0.328 e. The predicted octanol–water partition coefficient (Wildman–Crippen LogP) is 1.38. The Balaban J connectivity index is 3.81. The van der Waals surface area contributed by atoms with E-state index in [1.54, 1.807) is 0 Å². The number of hydrogen-bond donors (Lipinski definition) is 2. The summed E-state index contributed by atoms with van der Waals surface area (Å²) < 4.78 is 60.2.